The number of carbonyl (C=O) groups is 1. The van der Waals surface area contributed by atoms with E-state index in [4.69, 9.17) is 23.7 Å². The standard InChI is InChI=1S/C21H27NO6/c1-21(2)27-18-8-12(5-6-22-3)7-14(19(18)28-21)13-9-16-17(26-11-25-16)10-15(13)20(23)24-4/h7,9-10,12,18-19,22H,5-6,8,11H2,1-4H3/t12-,18+,19-/m1/s1. The molecule has 1 aromatic carbocycles. The Morgan fingerprint density at radius 2 is 2.00 bits per heavy atom. The monoisotopic (exact) mass is 389 g/mol. The Balaban J connectivity index is 1.80. The Hall–Kier alpha value is -2.09. The summed E-state index contributed by atoms with van der Waals surface area (Å²) >= 11 is 0. The number of ether oxygens (including phenoxy) is 5. The predicted molar refractivity (Wildman–Crippen MR) is 102 cm³/mol. The summed E-state index contributed by atoms with van der Waals surface area (Å²) in [6.07, 6.45) is 3.77. The molecule has 0 aromatic heterocycles. The minimum Gasteiger partial charge on any atom is -0.465 e. The molecule has 1 aliphatic carbocycles. The molecule has 0 unspecified atom stereocenters. The van der Waals surface area contributed by atoms with Gasteiger partial charge in [0.1, 0.15) is 6.10 Å². The van der Waals surface area contributed by atoms with E-state index < -0.39 is 11.8 Å². The van der Waals surface area contributed by atoms with Gasteiger partial charge in [0.15, 0.2) is 17.3 Å². The van der Waals surface area contributed by atoms with Gasteiger partial charge in [0.2, 0.25) is 6.79 Å². The summed E-state index contributed by atoms with van der Waals surface area (Å²) in [5.41, 5.74) is 2.14. The SMILES string of the molecule is CNCC[C@@H]1C=C(c2cc3c(cc2C(=O)OC)OCO3)[C@H]2OC(C)(C)O[C@H]2C1. The van der Waals surface area contributed by atoms with Crippen LogP contribution in [0.15, 0.2) is 18.2 Å². The molecule has 0 radical (unpaired) electrons. The molecule has 3 atom stereocenters. The zero-order chi connectivity index (χ0) is 19.9. The van der Waals surface area contributed by atoms with Gasteiger partial charge in [-0.25, -0.2) is 4.79 Å². The first kappa shape index (κ1) is 19.2. The topological polar surface area (TPSA) is 75.3 Å². The van der Waals surface area contributed by atoms with Gasteiger partial charge in [-0.15, -0.1) is 0 Å². The molecule has 0 bridgehead atoms. The third-order valence-corrected chi connectivity index (χ3v) is 5.43. The van der Waals surface area contributed by atoms with Crippen LogP contribution in [0.4, 0.5) is 0 Å². The number of benzene rings is 1. The molecule has 1 saturated heterocycles. The molecule has 0 saturated carbocycles. The molecule has 1 fully saturated rings. The smallest absolute Gasteiger partial charge is 0.338 e. The Morgan fingerprint density at radius 3 is 2.71 bits per heavy atom. The quantitative estimate of drug-likeness (QED) is 0.776. The van der Waals surface area contributed by atoms with Crippen molar-refractivity contribution in [3.05, 3.63) is 29.3 Å². The molecule has 2 aliphatic heterocycles. The third-order valence-electron chi connectivity index (χ3n) is 5.43. The van der Waals surface area contributed by atoms with Crippen LogP contribution in [0.25, 0.3) is 5.57 Å². The molecule has 7 heteroatoms. The summed E-state index contributed by atoms with van der Waals surface area (Å²) in [6.45, 7) is 4.89. The van der Waals surface area contributed by atoms with Gasteiger partial charge in [0.05, 0.1) is 18.8 Å². The van der Waals surface area contributed by atoms with Crippen LogP contribution >= 0.6 is 0 Å². The van der Waals surface area contributed by atoms with E-state index >= 15 is 0 Å². The van der Waals surface area contributed by atoms with Crippen molar-refractivity contribution in [2.75, 3.05) is 27.5 Å². The van der Waals surface area contributed by atoms with Crippen LogP contribution in [0.1, 0.15) is 42.6 Å². The first-order chi connectivity index (χ1) is 13.4. The molecule has 28 heavy (non-hydrogen) atoms. The maximum Gasteiger partial charge on any atom is 0.338 e. The van der Waals surface area contributed by atoms with Crippen molar-refractivity contribution in [2.45, 2.75) is 44.7 Å². The molecule has 3 aliphatic rings. The maximum absolute atomic E-state index is 12.5. The lowest BCUT2D eigenvalue weighted by Crippen LogP contribution is -2.32. The number of hydrogen-bond acceptors (Lipinski definition) is 7. The average molecular weight is 389 g/mol. The minimum absolute atomic E-state index is 0.0622. The highest BCUT2D eigenvalue weighted by Crippen LogP contribution is 2.46. The molecule has 4 rings (SSSR count). The number of rotatable bonds is 5. The van der Waals surface area contributed by atoms with E-state index in [-0.39, 0.29) is 19.0 Å². The third kappa shape index (κ3) is 3.50. The Morgan fingerprint density at radius 1 is 1.25 bits per heavy atom. The summed E-state index contributed by atoms with van der Waals surface area (Å²) in [5.74, 6) is 0.399. The van der Waals surface area contributed by atoms with Crippen LogP contribution < -0.4 is 14.8 Å². The highest BCUT2D eigenvalue weighted by atomic mass is 16.8. The number of methoxy groups -OCH3 is 1. The average Bonchev–Trinajstić information content (AvgIpc) is 3.25. The van der Waals surface area contributed by atoms with Crippen LogP contribution in [0.2, 0.25) is 0 Å². The Bertz CT molecular complexity index is 802. The fourth-order valence-electron chi connectivity index (χ4n) is 4.22. The van der Waals surface area contributed by atoms with E-state index in [1.165, 1.54) is 7.11 Å². The van der Waals surface area contributed by atoms with Crippen molar-refractivity contribution >= 4 is 11.5 Å². The summed E-state index contributed by atoms with van der Waals surface area (Å²) in [4.78, 5) is 12.5. The summed E-state index contributed by atoms with van der Waals surface area (Å²) in [6, 6.07) is 3.55. The number of fused-ring (bicyclic) bond motifs is 2. The van der Waals surface area contributed by atoms with Gasteiger partial charge < -0.3 is 29.0 Å². The van der Waals surface area contributed by atoms with Crippen LogP contribution in [-0.4, -0.2) is 51.5 Å². The fourth-order valence-corrected chi connectivity index (χ4v) is 4.22. The Labute approximate surface area is 164 Å². The van der Waals surface area contributed by atoms with Gasteiger partial charge in [-0.05, 0) is 69.5 Å². The van der Waals surface area contributed by atoms with E-state index in [0.717, 1.165) is 30.5 Å². The van der Waals surface area contributed by atoms with Gasteiger partial charge >= 0.3 is 5.97 Å². The van der Waals surface area contributed by atoms with Crippen LogP contribution in [0, 0.1) is 5.92 Å². The lowest BCUT2D eigenvalue weighted by molar-refractivity contribution is -0.143. The molecular weight excluding hydrogens is 362 g/mol. The first-order valence-electron chi connectivity index (χ1n) is 9.66. The predicted octanol–water partition coefficient (Wildman–Crippen LogP) is 2.73. The Kier molecular flexibility index (Phi) is 5.07. The molecule has 1 aromatic rings. The van der Waals surface area contributed by atoms with E-state index in [1.807, 2.05) is 27.0 Å². The van der Waals surface area contributed by atoms with Crippen LogP contribution in [0.5, 0.6) is 11.5 Å². The number of esters is 1. The molecule has 0 spiro atoms. The van der Waals surface area contributed by atoms with Crippen molar-refractivity contribution < 1.29 is 28.5 Å². The molecule has 1 N–H and O–H groups in total. The zero-order valence-corrected chi connectivity index (χ0v) is 16.7. The maximum atomic E-state index is 12.5. The minimum atomic E-state index is -0.673. The number of carbonyl (C=O) groups excluding carboxylic acids is 1. The van der Waals surface area contributed by atoms with Crippen molar-refractivity contribution in [1.82, 2.24) is 5.32 Å². The largest absolute Gasteiger partial charge is 0.465 e. The normalized spacial score (nSPS) is 27.3. The molecular formula is C21H27NO6. The van der Waals surface area contributed by atoms with Gasteiger partial charge in [0, 0.05) is 0 Å². The highest BCUT2D eigenvalue weighted by molar-refractivity contribution is 5.97. The molecule has 152 valence electrons. The van der Waals surface area contributed by atoms with Crippen molar-refractivity contribution in [1.29, 1.82) is 0 Å². The second-order valence-corrected chi connectivity index (χ2v) is 7.85. The second-order valence-electron chi connectivity index (χ2n) is 7.85. The first-order valence-corrected chi connectivity index (χ1v) is 9.66. The van der Waals surface area contributed by atoms with Gasteiger partial charge in [-0.3, -0.25) is 0 Å². The number of hydrogen-bond donors (Lipinski definition) is 1. The van der Waals surface area contributed by atoms with Crippen molar-refractivity contribution in [3.63, 3.8) is 0 Å². The lowest BCUT2D eigenvalue weighted by atomic mass is 9.80. The lowest BCUT2D eigenvalue weighted by Gasteiger charge is -2.30. The van der Waals surface area contributed by atoms with E-state index in [9.17, 15) is 4.79 Å². The zero-order valence-electron chi connectivity index (χ0n) is 16.7. The van der Waals surface area contributed by atoms with Crippen molar-refractivity contribution in [3.8, 4) is 11.5 Å². The van der Waals surface area contributed by atoms with Gasteiger partial charge in [-0.1, -0.05) is 6.08 Å². The number of nitrogens with one attached hydrogen (secondary N) is 1. The molecule has 2 heterocycles. The summed E-state index contributed by atoms with van der Waals surface area (Å²) in [7, 11) is 3.32. The summed E-state index contributed by atoms with van der Waals surface area (Å²) in [5, 5.41) is 3.21. The van der Waals surface area contributed by atoms with Crippen LogP contribution in [0.3, 0.4) is 0 Å². The fraction of sp³-hybridized carbons (Fsp3) is 0.571. The number of allylic oxidation sites excluding steroid dienone is 1. The van der Waals surface area contributed by atoms with E-state index in [0.29, 0.717) is 23.0 Å². The molecule has 0 amide bonds. The highest BCUT2D eigenvalue weighted by Gasteiger charge is 2.47. The summed E-state index contributed by atoms with van der Waals surface area (Å²) < 4.78 is 28.5. The van der Waals surface area contributed by atoms with Crippen LogP contribution in [-0.2, 0) is 14.2 Å². The van der Waals surface area contributed by atoms with Crippen molar-refractivity contribution in [2.24, 2.45) is 5.92 Å². The second kappa shape index (κ2) is 7.39. The van der Waals surface area contributed by atoms with E-state index in [1.54, 1.807) is 6.07 Å². The van der Waals surface area contributed by atoms with Gasteiger partial charge in [0.25, 0.3) is 0 Å². The molecule has 7 nitrogen and oxygen atoms in total. The van der Waals surface area contributed by atoms with Gasteiger partial charge in [-0.2, -0.15) is 0 Å². The van der Waals surface area contributed by atoms with E-state index in [2.05, 4.69) is 11.4 Å².